The Morgan fingerprint density at radius 3 is 3.00 bits per heavy atom. The van der Waals surface area contributed by atoms with E-state index >= 15 is 0 Å². The van der Waals surface area contributed by atoms with Gasteiger partial charge in [0.25, 0.3) is 0 Å². The third-order valence-corrected chi connectivity index (χ3v) is 1.23. The van der Waals surface area contributed by atoms with Crippen molar-refractivity contribution in [3.05, 3.63) is 0 Å². The van der Waals surface area contributed by atoms with E-state index in [1.165, 1.54) is 0 Å². The zero-order valence-electron chi connectivity index (χ0n) is 5.76. The lowest BCUT2D eigenvalue weighted by atomic mass is 10.3. The number of hydrazine groups is 1. The third-order valence-electron chi connectivity index (χ3n) is 1.23. The molecule has 0 aliphatic carbocycles. The highest BCUT2D eigenvalue weighted by Crippen LogP contribution is 1.89. The lowest BCUT2D eigenvalue weighted by Crippen LogP contribution is -2.26. The molecule has 0 amide bonds. The first kappa shape index (κ1) is 6.19. The fraction of sp³-hybridized carbons (Fsp3) is 0.800. The Kier molecular flexibility index (Phi) is 1.77. The predicted molar refractivity (Wildman–Crippen MR) is 34.3 cm³/mol. The van der Waals surface area contributed by atoms with Crippen LogP contribution in [0.15, 0.2) is 10.2 Å². The molecule has 50 valence electrons. The average Bonchev–Trinajstić information content (AvgIpc) is 1.90. The van der Waals surface area contributed by atoms with Crippen molar-refractivity contribution < 1.29 is 4.81 Å². The average molecular weight is 127 g/mol. The highest BCUT2D eigenvalue weighted by molar-refractivity contribution is 5.85. The topological polar surface area (TPSA) is 39.8 Å². The van der Waals surface area contributed by atoms with Gasteiger partial charge in [0, 0.05) is 11.5 Å². The Labute approximate surface area is 54.2 Å². The van der Waals surface area contributed by atoms with Crippen LogP contribution in [-0.4, -0.2) is 24.1 Å². The first-order chi connectivity index (χ1) is 4.33. The Morgan fingerprint density at radius 2 is 2.56 bits per heavy atom. The van der Waals surface area contributed by atoms with Crippen molar-refractivity contribution in [2.45, 2.75) is 13.3 Å². The minimum atomic E-state index is 0.736. The summed E-state index contributed by atoms with van der Waals surface area (Å²) in [5.41, 5.74) is 3.84. The second-order valence-corrected chi connectivity index (χ2v) is 1.95. The highest BCUT2D eigenvalue weighted by atomic mass is 15.7. The molecule has 0 saturated heterocycles. The molecule has 1 heterocycles. The van der Waals surface area contributed by atoms with Crippen molar-refractivity contribution in [3.8, 4) is 0 Å². The van der Waals surface area contributed by atoms with Gasteiger partial charge in [0.2, 0.25) is 0 Å². The molecular weight excluding hydrogens is 116 g/mol. The fourth-order valence-corrected chi connectivity index (χ4v) is 0.589. The summed E-state index contributed by atoms with van der Waals surface area (Å²) >= 11 is 0. The quantitative estimate of drug-likeness (QED) is 0.508. The SMILES string of the molecule is CCC1=NN[N+](C)=NC1. The van der Waals surface area contributed by atoms with E-state index in [2.05, 4.69) is 22.7 Å². The van der Waals surface area contributed by atoms with E-state index in [9.17, 15) is 0 Å². The molecular formula is C5H11N4+. The third kappa shape index (κ3) is 1.48. The summed E-state index contributed by atoms with van der Waals surface area (Å²) in [6.45, 7) is 2.81. The van der Waals surface area contributed by atoms with Gasteiger partial charge in [-0.2, -0.15) is 0 Å². The van der Waals surface area contributed by atoms with Crippen molar-refractivity contribution in [3.63, 3.8) is 0 Å². The van der Waals surface area contributed by atoms with Crippen LogP contribution in [-0.2, 0) is 0 Å². The van der Waals surface area contributed by atoms with Crippen LogP contribution in [0.4, 0.5) is 0 Å². The summed E-state index contributed by atoms with van der Waals surface area (Å²) in [6, 6.07) is 0. The zero-order valence-corrected chi connectivity index (χ0v) is 5.76. The van der Waals surface area contributed by atoms with Gasteiger partial charge < -0.3 is 0 Å². The van der Waals surface area contributed by atoms with Crippen LogP contribution in [0, 0.1) is 0 Å². The number of nitrogens with zero attached hydrogens (tertiary/aromatic N) is 3. The van der Waals surface area contributed by atoms with Gasteiger partial charge >= 0.3 is 0 Å². The van der Waals surface area contributed by atoms with Crippen LogP contribution in [0.2, 0.25) is 0 Å². The van der Waals surface area contributed by atoms with E-state index in [1.54, 1.807) is 4.81 Å². The molecule has 0 radical (unpaired) electrons. The first-order valence-electron chi connectivity index (χ1n) is 3.05. The summed E-state index contributed by atoms with van der Waals surface area (Å²) in [7, 11) is 1.83. The van der Waals surface area contributed by atoms with Crippen molar-refractivity contribution in [1.29, 1.82) is 0 Å². The van der Waals surface area contributed by atoms with Gasteiger partial charge in [0.05, 0.1) is 0 Å². The summed E-state index contributed by atoms with van der Waals surface area (Å²) in [6.07, 6.45) is 0.977. The summed E-state index contributed by atoms with van der Waals surface area (Å²) < 4.78 is 0. The number of azo groups is 1. The van der Waals surface area contributed by atoms with Crippen molar-refractivity contribution >= 4 is 5.71 Å². The lowest BCUT2D eigenvalue weighted by Gasteiger charge is -1.99. The van der Waals surface area contributed by atoms with Gasteiger partial charge in [0.15, 0.2) is 5.71 Å². The normalized spacial score (nSPS) is 18.0. The molecule has 0 spiro atoms. The number of hydrogen-bond donors (Lipinski definition) is 1. The van der Waals surface area contributed by atoms with E-state index in [0.717, 1.165) is 18.7 Å². The molecule has 4 heteroatoms. The van der Waals surface area contributed by atoms with Crippen LogP contribution in [0.1, 0.15) is 13.3 Å². The van der Waals surface area contributed by atoms with E-state index in [4.69, 9.17) is 0 Å². The van der Waals surface area contributed by atoms with Crippen LogP contribution < -0.4 is 5.53 Å². The second-order valence-electron chi connectivity index (χ2n) is 1.95. The van der Waals surface area contributed by atoms with E-state index in [0.29, 0.717) is 0 Å². The van der Waals surface area contributed by atoms with Gasteiger partial charge in [-0.3, -0.25) is 0 Å². The molecule has 0 atom stereocenters. The number of rotatable bonds is 1. The molecule has 0 aromatic heterocycles. The Balaban J connectivity index is 2.48. The van der Waals surface area contributed by atoms with Crippen LogP contribution in [0.5, 0.6) is 0 Å². The van der Waals surface area contributed by atoms with Crippen molar-refractivity contribution in [1.82, 2.24) is 5.53 Å². The molecule has 0 unspecified atom stereocenters. The van der Waals surface area contributed by atoms with Crippen molar-refractivity contribution in [2.75, 3.05) is 13.6 Å². The summed E-state index contributed by atoms with van der Waals surface area (Å²) in [4.78, 5) is 1.61. The standard InChI is InChI=1S/C5H11N4/c1-3-5-4-6-9(2)8-7-5/h3-4H2,1-2H3,(H,6,8)/q+1. The number of hydrazone groups is 1. The molecule has 1 rings (SSSR count). The van der Waals surface area contributed by atoms with Gasteiger partial charge in [-0.1, -0.05) is 16.8 Å². The maximum atomic E-state index is 4.07. The Bertz CT molecular complexity index is 158. The number of nitrogens with one attached hydrogen (secondary N) is 1. The molecule has 9 heavy (non-hydrogen) atoms. The maximum absolute atomic E-state index is 4.07. The smallest absolute Gasteiger partial charge is 0.0945 e. The van der Waals surface area contributed by atoms with Crippen LogP contribution in [0.3, 0.4) is 0 Å². The molecule has 0 aromatic carbocycles. The van der Waals surface area contributed by atoms with Crippen molar-refractivity contribution in [2.24, 2.45) is 10.2 Å². The maximum Gasteiger partial charge on any atom is 0.180 e. The van der Waals surface area contributed by atoms with Crippen LogP contribution >= 0.6 is 0 Å². The van der Waals surface area contributed by atoms with E-state index < -0.39 is 0 Å². The lowest BCUT2D eigenvalue weighted by molar-refractivity contribution is -0.626. The van der Waals surface area contributed by atoms with Gasteiger partial charge in [0.1, 0.15) is 13.6 Å². The Hall–Kier alpha value is -0.930. The summed E-state index contributed by atoms with van der Waals surface area (Å²) in [5.74, 6) is 0. The Morgan fingerprint density at radius 1 is 1.78 bits per heavy atom. The molecule has 0 saturated carbocycles. The molecule has 4 nitrogen and oxygen atoms in total. The van der Waals surface area contributed by atoms with Gasteiger partial charge in [-0.05, 0) is 5.53 Å². The molecule has 1 aliphatic rings. The second kappa shape index (κ2) is 2.57. The number of hydrogen-bond acceptors (Lipinski definition) is 3. The monoisotopic (exact) mass is 127 g/mol. The highest BCUT2D eigenvalue weighted by Gasteiger charge is 2.08. The molecule has 1 N–H and O–H groups in total. The fourth-order valence-electron chi connectivity index (χ4n) is 0.589. The predicted octanol–water partition coefficient (Wildman–Crippen LogP) is 0.365. The zero-order chi connectivity index (χ0) is 6.69. The molecule has 0 fully saturated rings. The minimum absolute atomic E-state index is 0.736. The summed E-state index contributed by atoms with van der Waals surface area (Å²) in [5, 5.41) is 8.10. The minimum Gasteiger partial charge on any atom is -0.0945 e. The van der Waals surface area contributed by atoms with Gasteiger partial charge in [-0.25, -0.2) is 0 Å². The molecule has 0 aromatic rings. The first-order valence-corrected chi connectivity index (χ1v) is 3.05. The molecule has 1 aliphatic heterocycles. The van der Waals surface area contributed by atoms with Crippen LogP contribution in [0.25, 0.3) is 0 Å². The molecule has 0 bridgehead atoms. The van der Waals surface area contributed by atoms with Gasteiger partial charge in [-0.15, -0.1) is 0 Å². The van der Waals surface area contributed by atoms with E-state index in [1.807, 2.05) is 7.05 Å². The largest absolute Gasteiger partial charge is 0.180 e. The van der Waals surface area contributed by atoms with E-state index in [-0.39, 0.29) is 0 Å².